The fourth-order valence-corrected chi connectivity index (χ4v) is 4.76. The monoisotopic (exact) mass is 495 g/mol. The van der Waals surface area contributed by atoms with Gasteiger partial charge in [-0.05, 0) is 36.8 Å². The van der Waals surface area contributed by atoms with E-state index in [-0.39, 0.29) is 23.1 Å². The normalized spacial score (nSPS) is 14.1. The Kier molecular flexibility index (Phi) is 8.51. The molecule has 0 aliphatic carbocycles. The topological polar surface area (TPSA) is 106 Å². The summed E-state index contributed by atoms with van der Waals surface area (Å²) in [5.74, 6) is -0.311. The molecule has 9 nitrogen and oxygen atoms in total. The van der Waals surface area contributed by atoms with Gasteiger partial charge in [-0.25, -0.2) is 4.98 Å². The zero-order valence-electron chi connectivity index (χ0n) is 19.7. The fraction of sp³-hybridized carbons (Fsp3) is 0.360. The average molecular weight is 496 g/mol. The second kappa shape index (κ2) is 12.0. The Bertz CT molecular complexity index is 1260. The van der Waals surface area contributed by atoms with Gasteiger partial charge >= 0.3 is 0 Å². The number of benzene rings is 2. The van der Waals surface area contributed by atoms with Crippen LogP contribution < -0.4 is 16.2 Å². The Balaban J connectivity index is 1.45. The van der Waals surface area contributed by atoms with Crippen LogP contribution >= 0.6 is 11.8 Å². The van der Waals surface area contributed by atoms with E-state index in [1.807, 2.05) is 18.2 Å². The first-order valence-corrected chi connectivity index (χ1v) is 12.6. The van der Waals surface area contributed by atoms with Gasteiger partial charge in [-0.2, -0.15) is 0 Å². The number of fused-ring (bicyclic) bond motifs is 1. The molecule has 2 aromatic carbocycles. The summed E-state index contributed by atoms with van der Waals surface area (Å²) in [6.07, 6.45) is 0.801. The maximum Gasteiger partial charge on any atom is 0.262 e. The zero-order valence-corrected chi connectivity index (χ0v) is 20.5. The first kappa shape index (κ1) is 24.9. The number of para-hydroxylation sites is 1. The number of carbonyl (C=O) groups is 2. The molecule has 10 heteroatoms. The number of amides is 2. The highest BCUT2D eigenvalue weighted by atomic mass is 32.2. The number of hydrogen-bond donors (Lipinski definition) is 2. The number of carbonyl (C=O) groups excluding carboxylic acids is 2. The molecule has 0 bridgehead atoms. The molecular weight excluding hydrogens is 466 g/mol. The smallest absolute Gasteiger partial charge is 0.262 e. The van der Waals surface area contributed by atoms with Gasteiger partial charge in [-0.3, -0.25) is 23.9 Å². The average Bonchev–Trinajstić information content (AvgIpc) is 2.85. The summed E-state index contributed by atoms with van der Waals surface area (Å²) in [5.41, 5.74) is 1.71. The van der Waals surface area contributed by atoms with E-state index in [0.29, 0.717) is 34.0 Å². The first-order valence-electron chi connectivity index (χ1n) is 11.6. The van der Waals surface area contributed by atoms with Crippen LogP contribution in [0.25, 0.3) is 10.9 Å². The molecule has 0 radical (unpaired) electrons. The van der Waals surface area contributed by atoms with Crippen LogP contribution in [0.1, 0.15) is 13.3 Å². The molecule has 2 N–H and O–H groups in total. The number of thioether (sulfide) groups is 1. The molecule has 0 saturated carbocycles. The van der Waals surface area contributed by atoms with E-state index < -0.39 is 0 Å². The number of hydrogen-bond acceptors (Lipinski definition) is 7. The van der Waals surface area contributed by atoms with Gasteiger partial charge in [-0.15, -0.1) is 0 Å². The van der Waals surface area contributed by atoms with E-state index in [4.69, 9.17) is 9.72 Å². The van der Waals surface area contributed by atoms with Crippen LogP contribution in [0.2, 0.25) is 0 Å². The Morgan fingerprint density at radius 3 is 2.54 bits per heavy atom. The molecule has 4 rings (SSSR count). The molecule has 1 fully saturated rings. The van der Waals surface area contributed by atoms with Gasteiger partial charge in [0.05, 0.1) is 29.9 Å². The maximum absolute atomic E-state index is 13.2. The molecule has 0 spiro atoms. The quantitative estimate of drug-likeness (QED) is 0.347. The number of aromatic nitrogens is 2. The zero-order chi connectivity index (χ0) is 24.6. The molecule has 35 heavy (non-hydrogen) atoms. The van der Waals surface area contributed by atoms with Crippen LogP contribution in [0, 0.1) is 0 Å². The minimum Gasteiger partial charge on any atom is -0.379 e. The molecule has 184 valence electrons. The molecule has 1 aliphatic heterocycles. The molecular formula is C25H29N5O4S. The largest absolute Gasteiger partial charge is 0.379 e. The van der Waals surface area contributed by atoms with Crippen molar-refractivity contribution in [3.05, 3.63) is 58.9 Å². The number of anilines is 2. The van der Waals surface area contributed by atoms with Crippen LogP contribution in [-0.2, 0) is 20.9 Å². The van der Waals surface area contributed by atoms with Gasteiger partial charge in [0.1, 0.15) is 0 Å². The van der Waals surface area contributed by atoms with Crippen LogP contribution in [0.5, 0.6) is 0 Å². The summed E-state index contributed by atoms with van der Waals surface area (Å²) >= 11 is 1.24. The number of nitrogens with one attached hydrogen (secondary N) is 2. The van der Waals surface area contributed by atoms with E-state index >= 15 is 0 Å². The summed E-state index contributed by atoms with van der Waals surface area (Å²) in [7, 11) is 0. The third-order valence-corrected chi connectivity index (χ3v) is 6.56. The van der Waals surface area contributed by atoms with Crippen molar-refractivity contribution in [1.29, 1.82) is 0 Å². The third-order valence-electron chi connectivity index (χ3n) is 5.59. The lowest BCUT2D eigenvalue weighted by Gasteiger charge is -2.26. The van der Waals surface area contributed by atoms with Gasteiger partial charge in [-0.1, -0.05) is 30.0 Å². The van der Waals surface area contributed by atoms with Crippen LogP contribution in [-0.4, -0.2) is 64.9 Å². The Labute approximate surface area is 207 Å². The van der Waals surface area contributed by atoms with Gasteiger partial charge in [0.25, 0.3) is 5.56 Å². The van der Waals surface area contributed by atoms with Gasteiger partial charge in [0, 0.05) is 44.5 Å². The van der Waals surface area contributed by atoms with Crippen molar-refractivity contribution in [3.63, 3.8) is 0 Å². The van der Waals surface area contributed by atoms with E-state index in [0.717, 1.165) is 39.3 Å². The molecule has 2 amide bonds. The highest BCUT2D eigenvalue weighted by Crippen LogP contribution is 2.20. The summed E-state index contributed by atoms with van der Waals surface area (Å²) < 4.78 is 7.08. The maximum atomic E-state index is 13.2. The molecule has 3 aromatic rings. The van der Waals surface area contributed by atoms with Crippen LogP contribution in [0.15, 0.2) is 58.5 Å². The van der Waals surface area contributed by atoms with Crippen LogP contribution in [0.4, 0.5) is 11.4 Å². The third kappa shape index (κ3) is 6.91. The highest BCUT2D eigenvalue weighted by molar-refractivity contribution is 7.99. The van der Waals surface area contributed by atoms with Crippen LogP contribution in [0.3, 0.4) is 0 Å². The minimum absolute atomic E-state index is 0.0940. The molecule has 0 unspecified atom stereocenters. The predicted octanol–water partition coefficient (Wildman–Crippen LogP) is 2.81. The SMILES string of the molecule is CC(=O)Nc1cccc(NC(=O)CSc2nc3ccccc3c(=O)n2CCCN2CCOCC2)c1. The summed E-state index contributed by atoms with van der Waals surface area (Å²) in [6.45, 7) is 6.10. The summed E-state index contributed by atoms with van der Waals surface area (Å²) in [6, 6.07) is 14.2. The highest BCUT2D eigenvalue weighted by Gasteiger charge is 2.15. The first-order chi connectivity index (χ1) is 17.0. The van der Waals surface area contributed by atoms with E-state index in [9.17, 15) is 14.4 Å². The number of morpholine rings is 1. The van der Waals surface area contributed by atoms with E-state index in [1.54, 1.807) is 34.9 Å². The molecule has 1 aromatic heterocycles. The second-order valence-corrected chi connectivity index (χ2v) is 9.22. The summed E-state index contributed by atoms with van der Waals surface area (Å²) in [5, 5.41) is 6.63. The van der Waals surface area contributed by atoms with Crippen molar-refractivity contribution in [2.45, 2.75) is 25.0 Å². The van der Waals surface area contributed by atoms with Gasteiger partial charge < -0.3 is 15.4 Å². The molecule has 1 saturated heterocycles. The second-order valence-electron chi connectivity index (χ2n) is 8.27. The number of nitrogens with zero attached hydrogens (tertiary/aromatic N) is 3. The Hall–Kier alpha value is -3.21. The lowest BCUT2D eigenvalue weighted by atomic mass is 10.2. The van der Waals surface area contributed by atoms with Crippen molar-refractivity contribution in [2.75, 3.05) is 49.2 Å². The van der Waals surface area contributed by atoms with Gasteiger partial charge in [0.15, 0.2) is 5.16 Å². The fourth-order valence-electron chi connectivity index (χ4n) is 3.94. The van der Waals surface area contributed by atoms with Crippen molar-refractivity contribution in [2.24, 2.45) is 0 Å². The van der Waals surface area contributed by atoms with Crippen molar-refractivity contribution in [3.8, 4) is 0 Å². The predicted molar refractivity (Wildman–Crippen MR) is 138 cm³/mol. The number of rotatable bonds is 9. The van der Waals surface area contributed by atoms with Gasteiger partial charge in [0.2, 0.25) is 11.8 Å². The molecule has 1 aliphatic rings. The lowest BCUT2D eigenvalue weighted by molar-refractivity contribution is -0.114. The van der Waals surface area contributed by atoms with E-state index in [2.05, 4.69) is 15.5 Å². The minimum atomic E-state index is -0.225. The van der Waals surface area contributed by atoms with Crippen molar-refractivity contribution < 1.29 is 14.3 Å². The molecule has 0 atom stereocenters. The summed E-state index contributed by atoms with van der Waals surface area (Å²) in [4.78, 5) is 44.2. The Morgan fingerprint density at radius 1 is 1.03 bits per heavy atom. The molecule has 2 heterocycles. The lowest BCUT2D eigenvalue weighted by Crippen LogP contribution is -2.37. The Morgan fingerprint density at radius 2 is 1.77 bits per heavy atom. The number of ether oxygens (including phenoxy) is 1. The van der Waals surface area contributed by atoms with Crippen molar-refractivity contribution in [1.82, 2.24) is 14.5 Å². The van der Waals surface area contributed by atoms with E-state index in [1.165, 1.54) is 18.7 Å². The standard InChI is InChI=1S/C25H29N5O4S/c1-18(31)26-19-6-4-7-20(16-19)27-23(32)17-35-25-28-22-9-3-2-8-21(22)24(33)30(25)11-5-10-29-12-14-34-15-13-29/h2-4,6-9,16H,5,10-15,17H2,1H3,(H,26,31)(H,27,32). The van der Waals surface area contributed by atoms with Crippen molar-refractivity contribution >= 4 is 45.9 Å².